The molecule has 0 aliphatic carbocycles. The lowest BCUT2D eigenvalue weighted by molar-refractivity contribution is -0.724. The third-order valence-electron chi connectivity index (χ3n) is 12.3. The number of para-hydroxylation sites is 4. The van der Waals surface area contributed by atoms with Crippen LogP contribution in [0.15, 0.2) is 194 Å². The summed E-state index contributed by atoms with van der Waals surface area (Å²) in [6.45, 7) is 1.96. The average Bonchev–Trinajstić information content (AvgIpc) is 3.89. The molecule has 0 radical (unpaired) electrons. The zero-order chi connectivity index (χ0) is 44.7. The number of fused-ring (bicyclic) bond motifs is 2. The number of rotatable bonds is 0. The molecular formula is C56H40Br2N6O4. The van der Waals surface area contributed by atoms with Crippen LogP contribution in [0, 0.1) is 0 Å². The van der Waals surface area contributed by atoms with E-state index in [0.717, 1.165) is 44.3 Å². The van der Waals surface area contributed by atoms with Crippen molar-refractivity contribution in [3.05, 3.63) is 261 Å². The Kier molecular flexibility index (Phi) is 12.8. The molecular weight excluding hydrogens is 980 g/mol. The largest absolute Gasteiger partial charge is 1.00 e. The quantitative estimate of drug-likeness (QED) is 0.216. The molecule has 0 saturated heterocycles. The van der Waals surface area contributed by atoms with Crippen LogP contribution in [-0.2, 0) is 26.2 Å². The number of benzene rings is 8. The van der Waals surface area contributed by atoms with Gasteiger partial charge in [-0.2, -0.15) is 0 Å². The molecule has 8 aromatic carbocycles. The molecule has 0 amide bonds. The van der Waals surface area contributed by atoms with Gasteiger partial charge in [-0.1, -0.05) is 170 Å². The van der Waals surface area contributed by atoms with Crippen molar-refractivity contribution in [1.82, 2.24) is 19.8 Å². The van der Waals surface area contributed by atoms with E-state index < -0.39 is 0 Å². The summed E-state index contributed by atoms with van der Waals surface area (Å²) in [4.78, 5) is 54.4. The maximum Gasteiger partial charge on any atom is 0.198 e. The van der Waals surface area contributed by atoms with E-state index in [-0.39, 0.29) is 57.1 Å². The summed E-state index contributed by atoms with van der Waals surface area (Å²) in [6, 6.07) is 59.9. The normalized spacial score (nSPS) is 12.9. The fourth-order valence-corrected chi connectivity index (χ4v) is 8.67. The molecule has 0 N–H and O–H groups in total. The number of halogens is 2. The Morgan fingerprint density at radius 1 is 0.309 bits per heavy atom. The van der Waals surface area contributed by atoms with Crippen LogP contribution in [0.5, 0.6) is 0 Å². The first-order chi connectivity index (χ1) is 32.3. The van der Waals surface area contributed by atoms with E-state index in [2.05, 4.69) is 0 Å². The van der Waals surface area contributed by atoms with E-state index in [1.165, 1.54) is 0 Å². The highest BCUT2D eigenvalue weighted by molar-refractivity contribution is 6.13. The van der Waals surface area contributed by atoms with Crippen LogP contribution in [-0.4, -0.2) is 42.9 Å². The van der Waals surface area contributed by atoms with Gasteiger partial charge in [0, 0.05) is 44.5 Å². The van der Waals surface area contributed by atoms with Crippen molar-refractivity contribution in [2.24, 2.45) is 0 Å². The standard InChI is InChI=1S/C56H40N6O4.2BrH/c63-53-41-17-9-37(10-18-41)33-59-49-5-1-2-6-50(49)60(57-59)34-38-11-19-42(20-12-38)54(64)46-29-31-48(32-30-46)56(66)44-23-15-40(16-24-44)36-62-52-8-4-3-7-51(52)61(58-62)35-39-13-21-43(22-14-39)55(65)47-27-25-45(53)26-28-47;;/h1-32H,33-36H2;2*1H/q+2;;/p-2. The molecule has 68 heavy (non-hydrogen) atoms. The molecule has 2 aromatic heterocycles. The minimum atomic E-state index is -0.131. The number of nitrogens with zero attached hydrogens (tertiary/aromatic N) is 6. The topological polar surface area (TPSA) is 112 Å². The Labute approximate surface area is 412 Å². The predicted octanol–water partition coefficient (Wildman–Crippen LogP) is 2.40. The molecule has 10 nitrogen and oxygen atoms in total. The Morgan fingerprint density at radius 2 is 0.544 bits per heavy atom. The number of hydrogen-bond donors (Lipinski definition) is 0. The Hall–Kier alpha value is -7.80. The molecule has 20 rings (SSSR count). The Morgan fingerprint density at radius 3 is 0.824 bits per heavy atom. The lowest BCUT2D eigenvalue weighted by Crippen LogP contribution is -3.00. The summed E-state index contributed by atoms with van der Waals surface area (Å²) in [5, 5.41) is 9.91. The highest BCUT2D eigenvalue weighted by Crippen LogP contribution is 2.21. The van der Waals surface area contributed by atoms with Crippen molar-refractivity contribution in [3.8, 4) is 0 Å². The second kappa shape index (κ2) is 19.2. The lowest BCUT2D eigenvalue weighted by atomic mass is 9.97. The zero-order valence-electron chi connectivity index (χ0n) is 36.4. The molecule has 10 aliphatic rings. The van der Waals surface area contributed by atoms with Gasteiger partial charge in [0.1, 0.15) is 26.2 Å². The summed E-state index contributed by atoms with van der Waals surface area (Å²) in [6.07, 6.45) is 0. The molecule has 12 heteroatoms. The van der Waals surface area contributed by atoms with Crippen LogP contribution in [0.1, 0.15) is 85.9 Å². The van der Waals surface area contributed by atoms with Gasteiger partial charge in [0.15, 0.2) is 45.2 Å². The van der Waals surface area contributed by atoms with E-state index in [1.54, 1.807) is 48.5 Å². The van der Waals surface area contributed by atoms with E-state index in [9.17, 15) is 19.2 Å². The van der Waals surface area contributed by atoms with Gasteiger partial charge < -0.3 is 34.0 Å². The van der Waals surface area contributed by atoms with E-state index in [1.807, 2.05) is 164 Å². The molecule has 12 heterocycles. The molecule has 10 aromatic rings. The SMILES string of the molecule is O=C1c2ccc(cc2)Cn2n[n+](c3ccccc32)Cc2ccc(cc2)C(=O)c2ccc(cc2)C(=O)c2ccc(cc2)Cn2n[n+](c3ccccc32)Cc2ccc(cc2)C(=O)c2ccc1cc2.[Br-].[Br-]. The molecule has 0 unspecified atom stereocenters. The van der Waals surface area contributed by atoms with Crippen LogP contribution < -0.4 is 43.3 Å². The minimum Gasteiger partial charge on any atom is -1.00 e. The van der Waals surface area contributed by atoms with Crippen molar-refractivity contribution < 1.29 is 62.5 Å². The molecule has 0 atom stereocenters. The van der Waals surface area contributed by atoms with Crippen molar-refractivity contribution in [1.29, 1.82) is 0 Å². The second-order valence-electron chi connectivity index (χ2n) is 16.6. The van der Waals surface area contributed by atoms with Gasteiger partial charge in [-0.05, 0) is 46.5 Å². The number of carbonyl (C=O) groups excluding carboxylic acids is 4. The van der Waals surface area contributed by atoms with Crippen molar-refractivity contribution in [2.45, 2.75) is 26.2 Å². The van der Waals surface area contributed by atoms with Crippen molar-refractivity contribution >= 4 is 45.2 Å². The fraction of sp³-hybridized carbons (Fsp3) is 0.0714. The van der Waals surface area contributed by atoms with E-state index in [4.69, 9.17) is 10.4 Å². The maximum atomic E-state index is 13.6. The molecule has 332 valence electrons. The zero-order valence-corrected chi connectivity index (χ0v) is 39.5. The minimum absolute atomic E-state index is 0. The summed E-state index contributed by atoms with van der Waals surface area (Å²) in [7, 11) is 0. The van der Waals surface area contributed by atoms with E-state index in [0.29, 0.717) is 70.7 Å². The maximum absolute atomic E-state index is 13.6. The number of hydrogen-bond acceptors (Lipinski definition) is 6. The monoisotopic (exact) mass is 1020 g/mol. The van der Waals surface area contributed by atoms with Gasteiger partial charge in [-0.3, -0.25) is 19.2 Å². The highest BCUT2D eigenvalue weighted by Gasteiger charge is 2.22. The van der Waals surface area contributed by atoms with Crippen LogP contribution in [0.25, 0.3) is 22.1 Å². The molecule has 0 saturated carbocycles. The number of ketones is 4. The first-order valence-corrected chi connectivity index (χ1v) is 21.8. The number of carbonyl (C=O) groups is 4. The first-order valence-electron chi connectivity index (χ1n) is 21.8. The van der Waals surface area contributed by atoms with Crippen LogP contribution >= 0.6 is 0 Å². The third-order valence-corrected chi connectivity index (χ3v) is 12.3. The summed E-state index contributed by atoms with van der Waals surface area (Å²) in [5.74, 6) is -0.522. The van der Waals surface area contributed by atoms with Gasteiger partial charge in [-0.25, -0.2) is 0 Å². The summed E-state index contributed by atoms with van der Waals surface area (Å²) < 4.78 is 7.79. The predicted molar refractivity (Wildman–Crippen MR) is 249 cm³/mol. The van der Waals surface area contributed by atoms with Gasteiger partial charge in [0.25, 0.3) is 0 Å². The van der Waals surface area contributed by atoms with Crippen LogP contribution in [0.3, 0.4) is 0 Å². The first kappa shape index (κ1) is 45.4. The summed E-state index contributed by atoms with van der Waals surface area (Å²) >= 11 is 0. The van der Waals surface area contributed by atoms with Gasteiger partial charge >= 0.3 is 0 Å². The Balaban J connectivity index is 0.00000289. The molecule has 16 bridgehead atoms. The van der Waals surface area contributed by atoms with E-state index >= 15 is 0 Å². The van der Waals surface area contributed by atoms with Gasteiger partial charge in [-0.15, -0.1) is 18.7 Å². The molecule has 0 fully saturated rings. The van der Waals surface area contributed by atoms with Crippen molar-refractivity contribution in [3.63, 3.8) is 0 Å². The molecule has 0 spiro atoms. The molecule has 10 aliphatic heterocycles. The average molecular weight is 1020 g/mol. The van der Waals surface area contributed by atoms with Crippen molar-refractivity contribution in [2.75, 3.05) is 0 Å². The fourth-order valence-electron chi connectivity index (χ4n) is 8.67. The smallest absolute Gasteiger partial charge is 0.198 e. The van der Waals surface area contributed by atoms with Crippen LogP contribution in [0.4, 0.5) is 0 Å². The van der Waals surface area contributed by atoms with Gasteiger partial charge in [0.05, 0.1) is 10.4 Å². The summed E-state index contributed by atoms with van der Waals surface area (Å²) in [5.41, 5.74) is 11.9. The highest BCUT2D eigenvalue weighted by atomic mass is 79.9. The van der Waals surface area contributed by atoms with Crippen LogP contribution in [0.2, 0.25) is 0 Å². The second-order valence-corrected chi connectivity index (χ2v) is 16.6. The Bertz CT molecular complexity index is 3050. The van der Waals surface area contributed by atoms with Gasteiger partial charge in [0.2, 0.25) is 0 Å². The number of aromatic nitrogens is 6. The third kappa shape index (κ3) is 8.91. The lowest BCUT2D eigenvalue weighted by Gasteiger charge is -2.06.